The van der Waals surface area contributed by atoms with Crippen molar-refractivity contribution in [3.05, 3.63) is 34.4 Å². The van der Waals surface area contributed by atoms with Crippen LogP contribution in [0.15, 0.2) is 27.2 Å². The van der Waals surface area contributed by atoms with Crippen LogP contribution in [0.25, 0.3) is 11.4 Å². The maximum atomic E-state index is 13.0. The minimum absolute atomic E-state index is 0.129. The number of β-amino-alcohol motifs (C(OH)–C–C–N with tert-alkyl or cyclic N) is 1. The van der Waals surface area contributed by atoms with Gasteiger partial charge in [0.1, 0.15) is 5.82 Å². The molecule has 1 aliphatic rings. The fourth-order valence-corrected chi connectivity index (χ4v) is 2.59. The van der Waals surface area contributed by atoms with Crippen molar-refractivity contribution in [1.82, 2.24) is 15.5 Å². The van der Waals surface area contributed by atoms with Gasteiger partial charge in [0.2, 0.25) is 11.7 Å². The van der Waals surface area contributed by atoms with Crippen LogP contribution in [0.3, 0.4) is 0 Å². The lowest BCUT2D eigenvalue weighted by atomic mass is 10.2. The summed E-state index contributed by atoms with van der Waals surface area (Å²) in [6.45, 7) is 0.516. The normalized spacial score (nSPS) is 22.9. The van der Waals surface area contributed by atoms with Gasteiger partial charge in [-0.15, -0.1) is 0 Å². The molecule has 5 nitrogen and oxygen atoms in total. The van der Waals surface area contributed by atoms with Gasteiger partial charge in [0.05, 0.1) is 12.1 Å². The Morgan fingerprint density at radius 2 is 2.32 bits per heavy atom. The van der Waals surface area contributed by atoms with Crippen molar-refractivity contribution in [1.29, 1.82) is 0 Å². The average Bonchev–Trinajstić information content (AvgIpc) is 2.97. The summed E-state index contributed by atoms with van der Waals surface area (Å²) in [5.41, 5.74) is 0.662. The third-order valence-corrected chi connectivity index (χ3v) is 3.68. The predicted molar refractivity (Wildman–Crippen MR) is 68.8 cm³/mol. The molecular formula is C12H11BrFN3O2. The average molecular weight is 328 g/mol. The van der Waals surface area contributed by atoms with Crippen LogP contribution in [0.2, 0.25) is 0 Å². The molecule has 2 atom stereocenters. The highest BCUT2D eigenvalue weighted by Gasteiger charge is 2.28. The predicted octanol–water partition coefficient (Wildman–Crippen LogP) is 2.03. The Morgan fingerprint density at radius 1 is 1.47 bits per heavy atom. The Morgan fingerprint density at radius 3 is 3.00 bits per heavy atom. The van der Waals surface area contributed by atoms with Crippen molar-refractivity contribution in [3.63, 3.8) is 0 Å². The van der Waals surface area contributed by atoms with Crippen LogP contribution in [-0.2, 0) is 0 Å². The van der Waals surface area contributed by atoms with E-state index in [2.05, 4.69) is 31.4 Å². The van der Waals surface area contributed by atoms with Crippen LogP contribution in [0, 0.1) is 5.82 Å². The van der Waals surface area contributed by atoms with Crippen LogP contribution < -0.4 is 5.32 Å². The number of hydrogen-bond acceptors (Lipinski definition) is 5. The smallest absolute Gasteiger partial charge is 0.244 e. The summed E-state index contributed by atoms with van der Waals surface area (Å²) in [4.78, 5) is 4.28. The van der Waals surface area contributed by atoms with E-state index in [1.165, 1.54) is 12.1 Å². The molecule has 7 heteroatoms. The van der Waals surface area contributed by atoms with Crippen LogP contribution in [0.1, 0.15) is 18.4 Å². The molecule has 0 amide bonds. The number of aliphatic hydroxyl groups is 1. The number of nitrogens with zero attached hydrogens (tertiary/aromatic N) is 2. The molecule has 2 aromatic rings. The first-order chi connectivity index (χ1) is 9.13. The number of aromatic nitrogens is 2. The SMILES string of the molecule is O[C@H]1CN[C@H](c2nc(-c3ccc(F)cc3Br)no2)C1. The first kappa shape index (κ1) is 12.7. The Balaban J connectivity index is 1.88. The van der Waals surface area contributed by atoms with Crippen molar-refractivity contribution < 1.29 is 14.0 Å². The third kappa shape index (κ3) is 2.54. The summed E-state index contributed by atoms with van der Waals surface area (Å²) in [5.74, 6) is 0.493. The Kier molecular flexibility index (Phi) is 3.34. The topological polar surface area (TPSA) is 71.2 Å². The highest BCUT2D eigenvalue weighted by Crippen LogP contribution is 2.29. The Labute approximate surface area is 117 Å². The molecule has 2 heterocycles. The molecule has 1 aromatic heterocycles. The van der Waals surface area contributed by atoms with E-state index in [0.29, 0.717) is 34.7 Å². The van der Waals surface area contributed by atoms with Crippen LogP contribution in [0.5, 0.6) is 0 Å². The lowest BCUT2D eigenvalue weighted by Gasteiger charge is -2.02. The quantitative estimate of drug-likeness (QED) is 0.883. The highest BCUT2D eigenvalue weighted by molar-refractivity contribution is 9.10. The Hall–Kier alpha value is -1.31. The number of nitrogens with one attached hydrogen (secondary N) is 1. The van der Waals surface area contributed by atoms with Gasteiger partial charge in [-0.3, -0.25) is 0 Å². The minimum Gasteiger partial charge on any atom is -0.392 e. The van der Waals surface area contributed by atoms with Gasteiger partial charge >= 0.3 is 0 Å². The van der Waals surface area contributed by atoms with Gasteiger partial charge in [-0.1, -0.05) is 5.16 Å². The van der Waals surface area contributed by atoms with E-state index < -0.39 is 6.10 Å². The molecule has 0 aliphatic carbocycles. The molecule has 0 radical (unpaired) electrons. The zero-order valence-electron chi connectivity index (χ0n) is 9.81. The zero-order valence-corrected chi connectivity index (χ0v) is 11.4. The van der Waals surface area contributed by atoms with Gasteiger partial charge in [0, 0.05) is 16.6 Å². The van der Waals surface area contributed by atoms with Crippen LogP contribution in [0.4, 0.5) is 4.39 Å². The number of hydrogen-bond donors (Lipinski definition) is 2. The number of benzene rings is 1. The summed E-state index contributed by atoms with van der Waals surface area (Å²) < 4.78 is 18.8. The molecule has 1 fully saturated rings. The second kappa shape index (κ2) is 4.99. The maximum absolute atomic E-state index is 13.0. The monoisotopic (exact) mass is 327 g/mol. The first-order valence-electron chi connectivity index (χ1n) is 5.84. The summed E-state index contributed by atoms with van der Waals surface area (Å²) in [5, 5.41) is 16.4. The molecule has 0 spiro atoms. The van der Waals surface area contributed by atoms with E-state index in [0.717, 1.165) is 0 Å². The molecule has 1 aliphatic heterocycles. The lowest BCUT2D eigenvalue weighted by Crippen LogP contribution is -2.15. The van der Waals surface area contributed by atoms with E-state index in [1.807, 2.05) is 0 Å². The molecule has 19 heavy (non-hydrogen) atoms. The summed E-state index contributed by atoms with van der Waals surface area (Å²) in [7, 11) is 0. The number of halogens is 2. The lowest BCUT2D eigenvalue weighted by molar-refractivity contribution is 0.191. The van der Waals surface area contributed by atoms with Gasteiger partial charge in [-0.05, 0) is 40.5 Å². The van der Waals surface area contributed by atoms with E-state index in [1.54, 1.807) is 6.07 Å². The van der Waals surface area contributed by atoms with Crippen LogP contribution >= 0.6 is 15.9 Å². The highest BCUT2D eigenvalue weighted by atomic mass is 79.9. The second-order valence-corrected chi connectivity index (χ2v) is 5.29. The molecule has 0 saturated carbocycles. The summed E-state index contributed by atoms with van der Waals surface area (Å²) >= 11 is 3.27. The summed E-state index contributed by atoms with van der Waals surface area (Å²) in [6, 6.07) is 4.15. The fourth-order valence-electron chi connectivity index (χ4n) is 2.06. The molecule has 1 saturated heterocycles. The van der Waals surface area contributed by atoms with E-state index in [-0.39, 0.29) is 11.9 Å². The molecular weight excluding hydrogens is 317 g/mol. The third-order valence-electron chi connectivity index (χ3n) is 3.02. The minimum atomic E-state index is -0.391. The van der Waals surface area contributed by atoms with Crippen molar-refractivity contribution in [2.45, 2.75) is 18.6 Å². The van der Waals surface area contributed by atoms with Crippen molar-refractivity contribution in [2.24, 2.45) is 0 Å². The molecule has 0 unspecified atom stereocenters. The van der Waals surface area contributed by atoms with E-state index >= 15 is 0 Å². The zero-order chi connectivity index (χ0) is 13.4. The first-order valence-corrected chi connectivity index (χ1v) is 6.63. The summed E-state index contributed by atoms with van der Waals surface area (Å²) in [6.07, 6.45) is 0.157. The molecule has 0 bridgehead atoms. The number of aliphatic hydroxyl groups excluding tert-OH is 1. The van der Waals surface area contributed by atoms with Gasteiger partial charge in [0.15, 0.2) is 0 Å². The van der Waals surface area contributed by atoms with Crippen molar-refractivity contribution in [3.8, 4) is 11.4 Å². The standard InChI is InChI=1S/C12H11BrFN3O2/c13-9-3-6(14)1-2-8(9)11-16-12(19-17-11)10-4-7(18)5-15-10/h1-3,7,10,15,18H,4-5H2/t7-,10+/m1/s1. The molecule has 3 rings (SSSR count). The Bertz CT molecular complexity index is 604. The van der Waals surface area contributed by atoms with E-state index in [4.69, 9.17) is 4.52 Å². The van der Waals surface area contributed by atoms with Gasteiger partial charge in [-0.2, -0.15) is 4.98 Å². The van der Waals surface area contributed by atoms with Crippen molar-refractivity contribution >= 4 is 15.9 Å². The second-order valence-electron chi connectivity index (χ2n) is 4.43. The number of rotatable bonds is 2. The van der Waals surface area contributed by atoms with Gasteiger partial charge in [-0.25, -0.2) is 4.39 Å². The maximum Gasteiger partial charge on any atom is 0.244 e. The molecule has 100 valence electrons. The van der Waals surface area contributed by atoms with E-state index in [9.17, 15) is 9.50 Å². The van der Waals surface area contributed by atoms with Gasteiger partial charge < -0.3 is 14.9 Å². The fraction of sp³-hybridized carbons (Fsp3) is 0.333. The molecule has 2 N–H and O–H groups in total. The van der Waals surface area contributed by atoms with Crippen LogP contribution in [-0.4, -0.2) is 27.9 Å². The van der Waals surface area contributed by atoms with Crippen molar-refractivity contribution in [2.75, 3.05) is 6.54 Å². The largest absolute Gasteiger partial charge is 0.392 e. The molecule has 1 aromatic carbocycles. The van der Waals surface area contributed by atoms with Gasteiger partial charge in [0.25, 0.3) is 0 Å².